The first-order valence-electron chi connectivity index (χ1n) is 13.9. The van der Waals surface area contributed by atoms with Crippen molar-refractivity contribution in [2.75, 3.05) is 44.5 Å². The number of likely N-dealkylation sites (N-methyl/N-ethyl adjacent to an activating group) is 1. The van der Waals surface area contributed by atoms with E-state index in [1.165, 1.54) is 4.90 Å². The van der Waals surface area contributed by atoms with Gasteiger partial charge in [-0.1, -0.05) is 37.3 Å². The van der Waals surface area contributed by atoms with Gasteiger partial charge in [0.25, 0.3) is 5.91 Å². The molecule has 0 saturated heterocycles. The quantitative estimate of drug-likeness (QED) is 0.351. The molecule has 10 nitrogen and oxygen atoms in total. The summed E-state index contributed by atoms with van der Waals surface area (Å²) in [4.78, 5) is 42.5. The number of hydrogen-bond donors (Lipinski definition) is 3. The number of amides is 4. The van der Waals surface area contributed by atoms with Crippen LogP contribution < -0.4 is 20.1 Å². The molecule has 0 saturated carbocycles. The number of nitrogens with one attached hydrogen (secondary N) is 2. The molecule has 3 N–H and O–H groups in total. The molecule has 0 unspecified atom stereocenters. The number of hydrogen-bond acceptors (Lipinski definition) is 6. The third-order valence-electron chi connectivity index (χ3n) is 7.30. The Labute approximate surface area is 246 Å². The van der Waals surface area contributed by atoms with Gasteiger partial charge in [0, 0.05) is 30.9 Å². The van der Waals surface area contributed by atoms with Gasteiger partial charge in [0.1, 0.15) is 17.6 Å². The SMILES string of the molecule is COc1ccc(NC(=O)N(C)C[C@@H]2Oc3ccc(NC(=O)Cc4ccccc4)cc3C(=O)N([C@H](C)CO)C[C@H]2C)cc1. The number of aliphatic hydroxyl groups excluding tert-OH is 1. The number of rotatable bonds is 9. The van der Waals surface area contributed by atoms with Crippen molar-refractivity contribution in [3.63, 3.8) is 0 Å². The Kier molecular flexibility index (Phi) is 10.0. The van der Waals surface area contributed by atoms with Crippen LogP contribution in [0.5, 0.6) is 11.5 Å². The number of ether oxygens (including phenoxy) is 2. The number of anilines is 2. The number of carbonyl (C=O) groups is 3. The van der Waals surface area contributed by atoms with Gasteiger partial charge in [0.05, 0.1) is 38.3 Å². The average molecular weight is 575 g/mol. The lowest BCUT2D eigenvalue weighted by Gasteiger charge is -2.38. The summed E-state index contributed by atoms with van der Waals surface area (Å²) in [5.74, 6) is 0.347. The van der Waals surface area contributed by atoms with Crippen LogP contribution in [-0.2, 0) is 11.2 Å². The van der Waals surface area contributed by atoms with Crippen LogP contribution in [0.1, 0.15) is 29.8 Å². The van der Waals surface area contributed by atoms with Crippen molar-refractivity contribution in [3.8, 4) is 11.5 Å². The van der Waals surface area contributed by atoms with Gasteiger partial charge in [-0.25, -0.2) is 4.79 Å². The highest BCUT2D eigenvalue weighted by Crippen LogP contribution is 2.31. The van der Waals surface area contributed by atoms with E-state index in [2.05, 4.69) is 10.6 Å². The van der Waals surface area contributed by atoms with Crippen LogP contribution in [-0.4, -0.2) is 78.8 Å². The molecule has 4 amide bonds. The molecule has 1 heterocycles. The molecule has 0 fully saturated rings. The van der Waals surface area contributed by atoms with Gasteiger partial charge in [-0.05, 0) is 55.0 Å². The van der Waals surface area contributed by atoms with Gasteiger partial charge in [-0.3, -0.25) is 9.59 Å². The van der Waals surface area contributed by atoms with E-state index in [1.807, 2.05) is 37.3 Å². The molecular weight excluding hydrogens is 536 g/mol. The van der Waals surface area contributed by atoms with Crippen LogP contribution in [0.4, 0.5) is 16.2 Å². The summed E-state index contributed by atoms with van der Waals surface area (Å²) >= 11 is 0. The summed E-state index contributed by atoms with van der Waals surface area (Å²) < 4.78 is 11.5. The van der Waals surface area contributed by atoms with Gasteiger partial charge in [-0.15, -0.1) is 0 Å². The predicted molar refractivity (Wildman–Crippen MR) is 161 cm³/mol. The van der Waals surface area contributed by atoms with E-state index in [1.54, 1.807) is 68.4 Å². The lowest BCUT2D eigenvalue weighted by Crippen LogP contribution is -2.50. The zero-order chi connectivity index (χ0) is 30.2. The monoisotopic (exact) mass is 574 g/mol. The fourth-order valence-corrected chi connectivity index (χ4v) is 4.75. The normalized spacial score (nSPS) is 17.2. The van der Waals surface area contributed by atoms with Gasteiger partial charge in [0.2, 0.25) is 5.91 Å². The fraction of sp³-hybridized carbons (Fsp3) is 0.344. The third-order valence-corrected chi connectivity index (χ3v) is 7.30. The summed E-state index contributed by atoms with van der Waals surface area (Å²) in [7, 11) is 3.26. The second kappa shape index (κ2) is 13.9. The summed E-state index contributed by atoms with van der Waals surface area (Å²) in [5, 5.41) is 15.7. The maximum absolute atomic E-state index is 13.7. The molecule has 1 aliphatic heterocycles. The zero-order valence-corrected chi connectivity index (χ0v) is 24.4. The molecule has 0 spiro atoms. The van der Waals surface area contributed by atoms with E-state index in [0.29, 0.717) is 29.4 Å². The number of nitrogens with zero attached hydrogens (tertiary/aromatic N) is 2. The Balaban J connectivity index is 1.53. The maximum atomic E-state index is 13.7. The lowest BCUT2D eigenvalue weighted by molar-refractivity contribution is -0.115. The number of benzene rings is 3. The van der Waals surface area contributed by atoms with E-state index < -0.39 is 12.1 Å². The largest absolute Gasteiger partial charge is 0.497 e. The van der Waals surface area contributed by atoms with E-state index in [9.17, 15) is 19.5 Å². The van der Waals surface area contributed by atoms with Crippen molar-refractivity contribution < 1.29 is 29.0 Å². The number of methoxy groups -OCH3 is 1. The Hall–Kier alpha value is -4.57. The molecule has 3 atom stereocenters. The molecule has 222 valence electrons. The van der Waals surface area contributed by atoms with Gasteiger partial charge < -0.3 is 35.0 Å². The van der Waals surface area contributed by atoms with Crippen LogP contribution in [0.2, 0.25) is 0 Å². The lowest BCUT2D eigenvalue weighted by atomic mass is 9.99. The molecule has 42 heavy (non-hydrogen) atoms. The average Bonchev–Trinajstić information content (AvgIpc) is 2.99. The second-order valence-corrected chi connectivity index (χ2v) is 10.6. The van der Waals surface area contributed by atoms with E-state index >= 15 is 0 Å². The molecule has 0 bridgehead atoms. The predicted octanol–water partition coefficient (Wildman–Crippen LogP) is 4.26. The van der Waals surface area contributed by atoms with E-state index in [0.717, 1.165) is 5.56 Å². The van der Waals surface area contributed by atoms with Crippen molar-refractivity contribution in [2.45, 2.75) is 32.4 Å². The van der Waals surface area contributed by atoms with Gasteiger partial charge >= 0.3 is 6.03 Å². The molecule has 0 aromatic heterocycles. The van der Waals surface area contributed by atoms with Crippen molar-refractivity contribution in [1.82, 2.24) is 9.80 Å². The van der Waals surface area contributed by atoms with Gasteiger partial charge in [-0.2, -0.15) is 0 Å². The number of aliphatic hydroxyl groups is 1. The molecule has 1 aliphatic rings. The minimum atomic E-state index is -0.463. The maximum Gasteiger partial charge on any atom is 0.321 e. The molecule has 3 aromatic rings. The highest BCUT2D eigenvalue weighted by Gasteiger charge is 2.34. The molecule has 0 aliphatic carbocycles. The summed E-state index contributed by atoms with van der Waals surface area (Å²) in [5.41, 5.74) is 2.24. The van der Waals surface area contributed by atoms with Crippen molar-refractivity contribution in [3.05, 3.63) is 83.9 Å². The zero-order valence-electron chi connectivity index (χ0n) is 24.4. The van der Waals surface area contributed by atoms with E-state index in [-0.39, 0.29) is 48.9 Å². The first-order chi connectivity index (χ1) is 20.2. The molecule has 10 heteroatoms. The standard InChI is InChI=1S/C32H38N4O6/c1-21-18-36(22(2)20-37)31(39)27-17-25(33-30(38)16-23-8-6-5-7-9-23)12-15-28(27)42-29(21)19-35(3)32(40)34-24-10-13-26(41-4)14-11-24/h5-15,17,21-22,29,37H,16,18-20H2,1-4H3,(H,33,38)(H,34,40)/t21-,22-,29+/m1/s1. The molecule has 4 rings (SSSR count). The number of carbonyl (C=O) groups excluding carboxylic acids is 3. The Morgan fingerprint density at radius 1 is 1.07 bits per heavy atom. The summed E-state index contributed by atoms with van der Waals surface area (Å²) in [6.45, 7) is 4.07. The Morgan fingerprint density at radius 3 is 2.43 bits per heavy atom. The van der Waals surface area contributed by atoms with E-state index in [4.69, 9.17) is 9.47 Å². The van der Waals surface area contributed by atoms with Crippen molar-refractivity contribution >= 4 is 29.2 Å². The van der Waals surface area contributed by atoms with Crippen molar-refractivity contribution in [1.29, 1.82) is 0 Å². The molecule has 0 radical (unpaired) electrons. The van der Waals surface area contributed by atoms with Crippen LogP contribution >= 0.6 is 0 Å². The molecule has 3 aromatic carbocycles. The van der Waals surface area contributed by atoms with Gasteiger partial charge in [0.15, 0.2) is 0 Å². The highest BCUT2D eigenvalue weighted by atomic mass is 16.5. The minimum Gasteiger partial charge on any atom is -0.497 e. The van der Waals surface area contributed by atoms with Crippen LogP contribution in [0.15, 0.2) is 72.8 Å². The van der Waals surface area contributed by atoms with Crippen LogP contribution in [0.25, 0.3) is 0 Å². The number of fused-ring (bicyclic) bond motifs is 1. The second-order valence-electron chi connectivity index (χ2n) is 10.6. The Morgan fingerprint density at radius 2 is 1.76 bits per heavy atom. The minimum absolute atomic E-state index is 0.169. The van der Waals surface area contributed by atoms with Crippen LogP contribution in [0, 0.1) is 5.92 Å². The van der Waals surface area contributed by atoms with Crippen molar-refractivity contribution in [2.24, 2.45) is 5.92 Å². The first kappa shape index (κ1) is 30.4. The Bertz CT molecular complexity index is 1380. The summed E-state index contributed by atoms with van der Waals surface area (Å²) in [6, 6.07) is 20.6. The highest BCUT2D eigenvalue weighted by molar-refractivity contribution is 6.00. The number of urea groups is 1. The molecular formula is C32H38N4O6. The smallest absolute Gasteiger partial charge is 0.321 e. The first-order valence-corrected chi connectivity index (χ1v) is 13.9. The fourth-order valence-electron chi connectivity index (χ4n) is 4.75. The summed E-state index contributed by atoms with van der Waals surface area (Å²) in [6.07, 6.45) is -0.268. The topological polar surface area (TPSA) is 120 Å². The van der Waals surface area contributed by atoms with Crippen LogP contribution in [0.3, 0.4) is 0 Å². The third kappa shape index (κ3) is 7.58.